The van der Waals surface area contributed by atoms with Gasteiger partial charge in [-0.25, -0.2) is 13.4 Å². The van der Waals surface area contributed by atoms with Crippen LogP contribution in [0.2, 0.25) is 0 Å². The van der Waals surface area contributed by atoms with Crippen LogP contribution in [0.3, 0.4) is 0 Å². The van der Waals surface area contributed by atoms with E-state index in [1.807, 2.05) is 45.0 Å². The van der Waals surface area contributed by atoms with Crippen LogP contribution in [0.15, 0.2) is 71.6 Å². The van der Waals surface area contributed by atoms with E-state index in [0.717, 1.165) is 28.0 Å². The second-order valence-electron chi connectivity index (χ2n) is 7.98. The number of aryl methyl sites for hydroxylation is 3. The first-order chi connectivity index (χ1) is 15.7. The lowest BCUT2D eigenvalue weighted by atomic mass is 10.1. The molecule has 0 aliphatic rings. The monoisotopic (exact) mass is 462 g/mol. The standard InChI is InChI=1S/C25H26N4O3S/c1-17-8-13-22(16-18(17)2)33(31,32)28-21-11-9-20(10-12-21)25(30)26-14-15-29-19(3)27-23-6-4-5-7-24(23)29/h4-13,16,28H,14-15H2,1-3H3,(H,26,30). The molecular weight excluding hydrogens is 436 g/mol. The highest BCUT2D eigenvalue weighted by molar-refractivity contribution is 7.92. The van der Waals surface area contributed by atoms with Gasteiger partial charge in [0.2, 0.25) is 0 Å². The van der Waals surface area contributed by atoms with Gasteiger partial charge in [0.15, 0.2) is 0 Å². The van der Waals surface area contributed by atoms with Gasteiger partial charge in [-0.05, 0) is 80.4 Å². The molecule has 0 aliphatic carbocycles. The van der Waals surface area contributed by atoms with Crippen LogP contribution in [0.4, 0.5) is 5.69 Å². The van der Waals surface area contributed by atoms with Crippen molar-refractivity contribution in [3.05, 3.63) is 89.2 Å². The molecule has 170 valence electrons. The van der Waals surface area contributed by atoms with E-state index in [1.54, 1.807) is 42.5 Å². The van der Waals surface area contributed by atoms with Crippen molar-refractivity contribution in [2.45, 2.75) is 32.2 Å². The van der Waals surface area contributed by atoms with Crippen molar-refractivity contribution in [2.24, 2.45) is 0 Å². The number of benzene rings is 3. The fraction of sp³-hybridized carbons (Fsp3) is 0.200. The lowest BCUT2D eigenvalue weighted by molar-refractivity contribution is 0.0952. The molecule has 1 amide bonds. The minimum Gasteiger partial charge on any atom is -0.350 e. The van der Waals surface area contributed by atoms with Crippen LogP contribution in [-0.4, -0.2) is 30.4 Å². The lowest BCUT2D eigenvalue weighted by Gasteiger charge is -2.11. The van der Waals surface area contributed by atoms with E-state index in [0.29, 0.717) is 24.3 Å². The molecule has 0 unspecified atom stereocenters. The molecular formula is C25H26N4O3S. The Balaban J connectivity index is 1.38. The maximum Gasteiger partial charge on any atom is 0.261 e. The largest absolute Gasteiger partial charge is 0.350 e. The SMILES string of the molecule is Cc1ccc(S(=O)(=O)Nc2ccc(C(=O)NCCn3c(C)nc4ccccc43)cc2)cc1C. The van der Waals surface area contributed by atoms with Crippen LogP contribution in [0.5, 0.6) is 0 Å². The van der Waals surface area contributed by atoms with Crippen LogP contribution in [0.25, 0.3) is 11.0 Å². The van der Waals surface area contributed by atoms with Crippen LogP contribution in [-0.2, 0) is 16.6 Å². The fourth-order valence-corrected chi connectivity index (χ4v) is 4.79. The first-order valence-corrected chi connectivity index (χ1v) is 12.1. The summed E-state index contributed by atoms with van der Waals surface area (Å²) in [5.41, 5.74) is 4.75. The van der Waals surface area contributed by atoms with Gasteiger partial charge in [0.05, 0.1) is 15.9 Å². The summed E-state index contributed by atoms with van der Waals surface area (Å²) in [6, 6.07) is 19.3. The number of rotatable bonds is 7. The number of carbonyl (C=O) groups is 1. The molecule has 33 heavy (non-hydrogen) atoms. The topological polar surface area (TPSA) is 93.1 Å². The number of nitrogens with zero attached hydrogens (tertiary/aromatic N) is 2. The number of anilines is 1. The quantitative estimate of drug-likeness (QED) is 0.431. The van der Waals surface area contributed by atoms with Gasteiger partial charge in [0, 0.05) is 24.3 Å². The van der Waals surface area contributed by atoms with Gasteiger partial charge in [-0.15, -0.1) is 0 Å². The highest BCUT2D eigenvalue weighted by Crippen LogP contribution is 2.19. The zero-order valence-electron chi connectivity index (χ0n) is 18.8. The van der Waals surface area contributed by atoms with Gasteiger partial charge in [-0.1, -0.05) is 18.2 Å². The van der Waals surface area contributed by atoms with E-state index in [1.165, 1.54) is 0 Å². The van der Waals surface area contributed by atoms with Gasteiger partial charge < -0.3 is 9.88 Å². The Morgan fingerprint density at radius 3 is 2.39 bits per heavy atom. The molecule has 0 fully saturated rings. The van der Waals surface area contributed by atoms with Gasteiger partial charge in [-0.2, -0.15) is 0 Å². The predicted molar refractivity (Wildman–Crippen MR) is 130 cm³/mol. The van der Waals surface area contributed by atoms with E-state index >= 15 is 0 Å². The smallest absolute Gasteiger partial charge is 0.261 e. The Morgan fingerprint density at radius 2 is 1.67 bits per heavy atom. The first-order valence-electron chi connectivity index (χ1n) is 10.6. The zero-order valence-corrected chi connectivity index (χ0v) is 19.6. The Bertz CT molecular complexity index is 1420. The van der Waals surface area contributed by atoms with Crippen molar-refractivity contribution >= 4 is 32.7 Å². The maximum absolute atomic E-state index is 12.7. The average molecular weight is 463 g/mol. The van der Waals surface area contributed by atoms with Crippen molar-refractivity contribution in [1.29, 1.82) is 0 Å². The Morgan fingerprint density at radius 1 is 0.939 bits per heavy atom. The third-order valence-corrected chi connectivity index (χ3v) is 7.03. The van der Waals surface area contributed by atoms with E-state index in [2.05, 4.69) is 19.6 Å². The summed E-state index contributed by atoms with van der Waals surface area (Å²) in [5, 5.41) is 2.91. The van der Waals surface area contributed by atoms with E-state index < -0.39 is 10.0 Å². The van der Waals surface area contributed by atoms with E-state index in [-0.39, 0.29) is 10.8 Å². The molecule has 0 radical (unpaired) electrons. The minimum absolute atomic E-state index is 0.203. The minimum atomic E-state index is -3.71. The maximum atomic E-state index is 12.7. The molecule has 0 aliphatic heterocycles. The predicted octanol–water partition coefficient (Wildman–Crippen LogP) is 4.19. The average Bonchev–Trinajstić information content (AvgIpc) is 3.11. The number of imidazole rings is 1. The summed E-state index contributed by atoms with van der Waals surface area (Å²) in [4.78, 5) is 17.3. The summed E-state index contributed by atoms with van der Waals surface area (Å²) >= 11 is 0. The summed E-state index contributed by atoms with van der Waals surface area (Å²) in [7, 11) is -3.71. The molecule has 1 aromatic heterocycles. The lowest BCUT2D eigenvalue weighted by Crippen LogP contribution is -2.27. The van der Waals surface area contributed by atoms with Gasteiger partial charge in [0.25, 0.3) is 15.9 Å². The molecule has 7 nitrogen and oxygen atoms in total. The highest BCUT2D eigenvalue weighted by Gasteiger charge is 2.15. The molecule has 3 aromatic carbocycles. The van der Waals surface area contributed by atoms with Crippen molar-refractivity contribution in [3.8, 4) is 0 Å². The number of para-hydroxylation sites is 2. The van der Waals surface area contributed by atoms with Crippen LogP contribution in [0, 0.1) is 20.8 Å². The molecule has 2 N–H and O–H groups in total. The molecule has 8 heteroatoms. The summed E-state index contributed by atoms with van der Waals surface area (Å²) in [6.07, 6.45) is 0. The third kappa shape index (κ3) is 4.90. The molecule has 0 saturated heterocycles. The molecule has 0 saturated carbocycles. The van der Waals surface area contributed by atoms with Crippen molar-refractivity contribution < 1.29 is 13.2 Å². The summed E-state index contributed by atoms with van der Waals surface area (Å²) in [5.74, 6) is 0.673. The van der Waals surface area contributed by atoms with Crippen molar-refractivity contribution in [1.82, 2.24) is 14.9 Å². The molecule has 0 atom stereocenters. The highest BCUT2D eigenvalue weighted by atomic mass is 32.2. The van der Waals surface area contributed by atoms with Crippen LogP contribution >= 0.6 is 0 Å². The Hall–Kier alpha value is -3.65. The first kappa shape index (κ1) is 22.5. The zero-order chi connectivity index (χ0) is 23.6. The number of nitrogens with one attached hydrogen (secondary N) is 2. The molecule has 4 aromatic rings. The Kier molecular flexibility index (Phi) is 6.20. The number of carbonyl (C=O) groups excluding carboxylic acids is 1. The second-order valence-corrected chi connectivity index (χ2v) is 9.67. The molecule has 1 heterocycles. The Labute approximate surface area is 193 Å². The van der Waals surface area contributed by atoms with Gasteiger partial charge >= 0.3 is 0 Å². The molecule has 0 bridgehead atoms. The van der Waals surface area contributed by atoms with Gasteiger partial charge in [-0.3, -0.25) is 9.52 Å². The summed E-state index contributed by atoms with van der Waals surface area (Å²) in [6.45, 7) is 6.80. The number of hydrogen-bond donors (Lipinski definition) is 2. The molecule has 4 rings (SSSR count). The number of amides is 1. The third-order valence-electron chi connectivity index (χ3n) is 5.65. The van der Waals surface area contributed by atoms with Crippen LogP contribution < -0.4 is 10.0 Å². The molecule has 0 spiro atoms. The number of fused-ring (bicyclic) bond motifs is 1. The fourth-order valence-electron chi connectivity index (χ4n) is 3.65. The van der Waals surface area contributed by atoms with E-state index in [9.17, 15) is 13.2 Å². The van der Waals surface area contributed by atoms with Gasteiger partial charge in [0.1, 0.15) is 5.82 Å². The van der Waals surface area contributed by atoms with Crippen LogP contribution in [0.1, 0.15) is 27.3 Å². The number of aromatic nitrogens is 2. The van der Waals surface area contributed by atoms with Crippen molar-refractivity contribution in [3.63, 3.8) is 0 Å². The number of hydrogen-bond acceptors (Lipinski definition) is 4. The van der Waals surface area contributed by atoms with Crippen molar-refractivity contribution in [2.75, 3.05) is 11.3 Å². The second kappa shape index (κ2) is 9.07. The van der Waals surface area contributed by atoms with E-state index in [4.69, 9.17) is 0 Å². The summed E-state index contributed by atoms with van der Waals surface area (Å²) < 4.78 is 30.0. The number of sulfonamides is 1. The normalized spacial score (nSPS) is 11.5.